The average Bonchev–Trinajstić information content (AvgIpc) is 3.23. The number of nitrogens with one attached hydrogen (secondary N) is 1. The first kappa shape index (κ1) is 13.2. The zero-order valence-electron chi connectivity index (χ0n) is 10.8. The van der Waals surface area contributed by atoms with Gasteiger partial charge in [0.25, 0.3) is 0 Å². The van der Waals surface area contributed by atoms with Crippen LogP contribution in [0.25, 0.3) is 0 Å². The lowest BCUT2D eigenvalue weighted by atomic mass is 10.2. The zero-order valence-corrected chi connectivity index (χ0v) is 11.5. The molecule has 0 bridgehead atoms. The second-order valence-corrected chi connectivity index (χ2v) is 5.23. The predicted octanol–water partition coefficient (Wildman–Crippen LogP) is 4.34. The van der Waals surface area contributed by atoms with E-state index < -0.39 is 11.6 Å². The topological polar surface area (TPSA) is 37.8 Å². The van der Waals surface area contributed by atoms with Crippen LogP contribution in [0.3, 0.4) is 0 Å². The van der Waals surface area contributed by atoms with Crippen molar-refractivity contribution in [3.63, 3.8) is 0 Å². The van der Waals surface area contributed by atoms with E-state index in [4.69, 9.17) is 11.6 Å². The number of aromatic nitrogens is 2. The Morgan fingerprint density at radius 2 is 2.00 bits per heavy atom. The molecule has 0 amide bonds. The Morgan fingerprint density at radius 3 is 2.70 bits per heavy atom. The number of rotatable bonds is 3. The van der Waals surface area contributed by atoms with Crippen LogP contribution in [0.4, 0.5) is 20.3 Å². The van der Waals surface area contributed by atoms with Crippen molar-refractivity contribution in [2.45, 2.75) is 25.7 Å². The molecule has 0 unspecified atom stereocenters. The van der Waals surface area contributed by atoms with Gasteiger partial charge < -0.3 is 5.32 Å². The van der Waals surface area contributed by atoms with Gasteiger partial charge in [-0.1, -0.05) is 11.6 Å². The number of hydrogen-bond acceptors (Lipinski definition) is 3. The molecule has 3 rings (SSSR count). The van der Waals surface area contributed by atoms with Crippen LogP contribution < -0.4 is 5.32 Å². The number of anilines is 2. The standard InChI is InChI=1S/C14H12ClF2N3/c1-7-12(15)19-14(8-2-3-8)20-13(7)18-11-6-9(16)4-5-10(11)17/h4-6,8H,2-3H2,1H3,(H,18,19,20). The summed E-state index contributed by atoms with van der Waals surface area (Å²) in [6.45, 7) is 1.73. The molecule has 0 atom stereocenters. The minimum atomic E-state index is -0.548. The third-order valence-electron chi connectivity index (χ3n) is 3.23. The van der Waals surface area contributed by atoms with Crippen LogP contribution in [-0.4, -0.2) is 9.97 Å². The van der Waals surface area contributed by atoms with Gasteiger partial charge in [0.15, 0.2) is 0 Å². The van der Waals surface area contributed by atoms with Crippen molar-refractivity contribution in [1.82, 2.24) is 9.97 Å². The van der Waals surface area contributed by atoms with Crippen LogP contribution in [0.5, 0.6) is 0 Å². The molecule has 0 aliphatic heterocycles. The van der Waals surface area contributed by atoms with Crippen molar-refractivity contribution in [3.05, 3.63) is 46.4 Å². The first-order chi connectivity index (χ1) is 9.54. The second-order valence-electron chi connectivity index (χ2n) is 4.87. The molecular formula is C14H12ClF2N3. The van der Waals surface area contributed by atoms with Gasteiger partial charge in [0.05, 0.1) is 5.69 Å². The molecular weight excluding hydrogens is 284 g/mol. The summed E-state index contributed by atoms with van der Waals surface area (Å²) < 4.78 is 26.8. The summed E-state index contributed by atoms with van der Waals surface area (Å²) in [6.07, 6.45) is 2.07. The zero-order chi connectivity index (χ0) is 14.3. The van der Waals surface area contributed by atoms with Gasteiger partial charge in [-0.05, 0) is 31.9 Å². The van der Waals surface area contributed by atoms with E-state index in [9.17, 15) is 8.78 Å². The van der Waals surface area contributed by atoms with Crippen LogP contribution in [0.15, 0.2) is 18.2 Å². The Kier molecular flexibility index (Phi) is 3.30. The van der Waals surface area contributed by atoms with Gasteiger partial charge in [0.1, 0.15) is 28.4 Å². The van der Waals surface area contributed by atoms with Crippen LogP contribution in [0, 0.1) is 18.6 Å². The van der Waals surface area contributed by atoms with Gasteiger partial charge in [0, 0.05) is 17.5 Å². The first-order valence-electron chi connectivity index (χ1n) is 6.30. The van der Waals surface area contributed by atoms with Gasteiger partial charge in [0.2, 0.25) is 0 Å². The van der Waals surface area contributed by atoms with E-state index in [2.05, 4.69) is 15.3 Å². The van der Waals surface area contributed by atoms with Gasteiger partial charge in [-0.25, -0.2) is 18.7 Å². The third-order valence-corrected chi connectivity index (χ3v) is 3.60. The fraction of sp³-hybridized carbons (Fsp3) is 0.286. The molecule has 0 radical (unpaired) electrons. The Bertz CT molecular complexity index is 672. The minimum absolute atomic E-state index is 0.0320. The van der Waals surface area contributed by atoms with Crippen molar-refractivity contribution < 1.29 is 8.78 Å². The van der Waals surface area contributed by atoms with Crippen molar-refractivity contribution in [2.75, 3.05) is 5.32 Å². The summed E-state index contributed by atoms with van der Waals surface area (Å²) in [4.78, 5) is 8.59. The summed E-state index contributed by atoms with van der Waals surface area (Å²) >= 11 is 6.07. The molecule has 20 heavy (non-hydrogen) atoms. The van der Waals surface area contributed by atoms with Crippen LogP contribution >= 0.6 is 11.6 Å². The smallest absolute Gasteiger partial charge is 0.146 e. The molecule has 1 aromatic carbocycles. The van der Waals surface area contributed by atoms with Crippen molar-refractivity contribution in [1.29, 1.82) is 0 Å². The minimum Gasteiger partial charge on any atom is -0.337 e. The molecule has 1 aliphatic carbocycles. The molecule has 1 N–H and O–H groups in total. The highest BCUT2D eigenvalue weighted by molar-refractivity contribution is 6.30. The first-order valence-corrected chi connectivity index (χ1v) is 6.68. The highest BCUT2D eigenvalue weighted by Crippen LogP contribution is 2.39. The molecule has 104 valence electrons. The van der Waals surface area contributed by atoms with E-state index in [0.29, 0.717) is 28.3 Å². The number of nitrogens with zero attached hydrogens (tertiary/aromatic N) is 2. The SMILES string of the molecule is Cc1c(Cl)nc(C2CC2)nc1Nc1cc(F)ccc1F. The fourth-order valence-corrected chi connectivity index (χ4v) is 2.05. The van der Waals surface area contributed by atoms with Gasteiger partial charge in [-0.15, -0.1) is 0 Å². The quantitative estimate of drug-likeness (QED) is 0.856. The number of benzene rings is 1. The molecule has 1 fully saturated rings. The summed E-state index contributed by atoms with van der Waals surface area (Å²) in [5.74, 6) is 0.324. The van der Waals surface area contributed by atoms with E-state index in [0.717, 1.165) is 31.0 Å². The van der Waals surface area contributed by atoms with Crippen LogP contribution in [0.2, 0.25) is 5.15 Å². The number of halogens is 3. The van der Waals surface area contributed by atoms with Crippen molar-refractivity contribution >= 4 is 23.1 Å². The summed E-state index contributed by atoms with van der Waals surface area (Å²) in [7, 11) is 0. The Hall–Kier alpha value is -1.75. The summed E-state index contributed by atoms with van der Waals surface area (Å²) in [5.41, 5.74) is 0.643. The van der Waals surface area contributed by atoms with E-state index >= 15 is 0 Å². The number of hydrogen-bond donors (Lipinski definition) is 1. The molecule has 3 nitrogen and oxygen atoms in total. The Labute approximate surface area is 120 Å². The van der Waals surface area contributed by atoms with Gasteiger partial charge >= 0.3 is 0 Å². The maximum absolute atomic E-state index is 13.7. The summed E-state index contributed by atoms with van der Waals surface area (Å²) in [6, 6.07) is 3.22. The largest absolute Gasteiger partial charge is 0.337 e. The monoisotopic (exact) mass is 295 g/mol. The Morgan fingerprint density at radius 1 is 1.25 bits per heavy atom. The molecule has 1 aromatic heterocycles. The summed E-state index contributed by atoms with van der Waals surface area (Å²) in [5, 5.41) is 3.13. The third kappa shape index (κ3) is 2.58. The van der Waals surface area contributed by atoms with Gasteiger partial charge in [-0.2, -0.15) is 0 Å². The lowest BCUT2D eigenvalue weighted by Crippen LogP contribution is -2.04. The molecule has 6 heteroatoms. The van der Waals surface area contributed by atoms with Crippen molar-refractivity contribution in [2.24, 2.45) is 0 Å². The normalized spacial score (nSPS) is 14.4. The second kappa shape index (κ2) is 4.98. The molecule has 0 spiro atoms. The van der Waals surface area contributed by atoms with Gasteiger partial charge in [-0.3, -0.25) is 0 Å². The molecule has 2 aromatic rings. The maximum atomic E-state index is 13.7. The highest BCUT2D eigenvalue weighted by Gasteiger charge is 2.28. The molecule has 0 saturated heterocycles. The van der Waals surface area contributed by atoms with Crippen LogP contribution in [-0.2, 0) is 0 Å². The van der Waals surface area contributed by atoms with E-state index in [1.165, 1.54) is 0 Å². The molecule has 1 heterocycles. The molecule has 1 aliphatic rings. The van der Waals surface area contributed by atoms with E-state index in [1.807, 2.05) is 0 Å². The van der Waals surface area contributed by atoms with Crippen molar-refractivity contribution in [3.8, 4) is 0 Å². The lowest BCUT2D eigenvalue weighted by Gasteiger charge is -2.12. The van der Waals surface area contributed by atoms with E-state index in [1.54, 1.807) is 6.92 Å². The maximum Gasteiger partial charge on any atom is 0.146 e. The van der Waals surface area contributed by atoms with E-state index in [-0.39, 0.29) is 5.69 Å². The fourth-order valence-electron chi connectivity index (χ4n) is 1.87. The molecule has 1 saturated carbocycles. The average molecular weight is 296 g/mol. The predicted molar refractivity (Wildman–Crippen MR) is 73.4 cm³/mol. The Balaban J connectivity index is 1.99. The lowest BCUT2D eigenvalue weighted by molar-refractivity contribution is 0.603. The highest BCUT2D eigenvalue weighted by atomic mass is 35.5. The van der Waals surface area contributed by atoms with Crippen LogP contribution in [0.1, 0.15) is 30.1 Å².